The molecule has 0 radical (unpaired) electrons. The third-order valence-electron chi connectivity index (χ3n) is 5.02. The molecule has 28 heavy (non-hydrogen) atoms. The normalized spacial score (nSPS) is 16.8. The summed E-state index contributed by atoms with van der Waals surface area (Å²) in [4.78, 5) is 18.7. The fraction of sp³-hybridized carbons (Fsp3) is 0.286. The predicted molar refractivity (Wildman–Crippen MR) is 103 cm³/mol. The van der Waals surface area contributed by atoms with Crippen molar-refractivity contribution in [3.63, 3.8) is 0 Å². The zero-order valence-electron chi connectivity index (χ0n) is 15.6. The number of benzene rings is 2. The smallest absolute Gasteiger partial charge is 0.232 e. The van der Waals surface area contributed by atoms with Gasteiger partial charge in [-0.2, -0.15) is 4.98 Å². The van der Waals surface area contributed by atoms with Gasteiger partial charge in [-0.15, -0.1) is 0 Å². The number of carbonyl (C=O) groups is 1. The molecule has 5 nitrogen and oxygen atoms in total. The van der Waals surface area contributed by atoms with E-state index >= 15 is 0 Å². The molecule has 0 N–H and O–H groups in total. The van der Waals surface area contributed by atoms with Crippen LogP contribution < -0.4 is 0 Å². The van der Waals surface area contributed by atoms with E-state index in [1.54, 1.807) is 11.0 Å². The van der Waals surface area contributed by atoms with Crippen LogP contribution in [0.3, 0.4) is 0 Å². The van der Waals surface area contributed by atoms with Gasteiger partial charge >= 0.3 is 0 Å². The van der Waals surface area contributed by atoms with Gasteiger partial charge in [0, 0.05) is 30.1 Å². The van der Waals surface area contributed by atoms with E-state index in [-0.39, 0.29) is 11.8 Å². The number of rotatable bonds is 4. The van der Waals surface area contributed by atoms with Gasteiger partial charge in [0.1, 0.15) is 5.82 Å². The van der Waals surface area contributed by atoms with Crippen LogP contribution in [0.4, 0.5) is 4.39 Å². The third-order valence-corrected chi connectivity index (χ3v) is 5.37. The van der Waals surface area contributed by atoms with Crippen molar-refractivity contribution in [2.75, 3.05) is 6.54 Å². The van der Waals surface area contributed by atoms with Crippen LogP contribution in [-0.2, 0) is 11.3 Å². The van der Waals surface area contributed by atoms with E-state index in [0.29, 0.717) is 41.8 Å². The molecule has 3 aromatic rings. The number of halogens is 2. The van der Waals surface area contributed by atoms with E-state index in [9.17, 15) is 9.18 Å². The van der Waals surface area contributed by atoms with Crippen LogP contribution in [0.25, 0.3) is 11.4 Å². The van der Waals surface area contributed by atoms with E-state index in [1.165, 1.54) is 12.1 Å². The second-order valence-corrected chi connectivity index (χ2v) is 7.59. The van der Waals surface area contributed by atoms with Crippen molar-refractivity contribution in [2.24, 2.45) is 0 Å². The number of likely N-dealkylation sites (tertiary alicyclic amines) is 1. The minimum absolute atomic E-state index is 0.0168. The fourth-order valence-corrected chi connectivity index (χ4v) is 3.66. The summed E-state index contributed by atoms with van der Waals surface area (Å²) >= 11 is 6.09. The lowest BCUT2D eigenvalue weighted by Crippen LogP contribution is -2.24. The van der Waals surface area contributed by atoms with Gasteiger partial charge < -0.3 is 9.42 Å². The van der Waals surface area contributed by atoms with E-state index in [1.807, 2.05) is 32.0 Å². The lowest BCUT2D eigenvalue weighted by molar-refractivity contribution is -0.128. The Bertz CT molecular complexity index is 1050. The largest absolute Gasteiger partial charge is 0.339 e. The lowest BCUT2D eigenvalue weighted by Gasteiger charge is -2.17. The molecule has 1 unspecified atom stereocenters. The molecular formula is C21H19ClFN3O2. The topological polar surface area (TPSA) is 59.2 Å². The number of carbonyl (C=O) groups excluding carboxylic acids is 1. The minimum Gasteiger partial charge on any atom is -0.339 e. The van der Waals surface area contributed by atoms with Gasteiger partial charge in [0.2, 0.25) is 17.6 Å². The maximum absolute atomic E-state index is 13.2. The average Bonchev–Trinajstić information content (AvgIpc) is 3.27. The Morgan fingerprint density at radius 2 is 2.07 bits per heavy atom. The first-order valence-electron chi connectivity index (χ1n) is 9.03. The van der Waals surface area contributed by atoms with Gasteiger partial charge in [0.25, 0.3) is 0 Å². The Labute approximate surface area is 167 Å². The second kappa shape index (κ2) is 7.36. The number of amides is 1. The van der Waals surface area contributed by atoms with Crippen LogP contribution in [0.5, 0.6) is 0 Å². The highest BCUT2D eigenvalue weighted by Gasteiger charge is 2.34. The Morgan fingerprint density at radius 3 is 2.86 bits per heavy atom. The van der Waals surface area contributed by atoms with Crippen molar-refractivity contribution in [1.29, 1.82) is 0 Å². The molecule has 0 bridgehead atoms. The van der Waals surface area contributed by atoms with Gasteiger partial charge in [-0.25, -0.2) is 4.39 Å². The van der Waals surface area contributed by atoms with Crippen LogP contribution in [0.1, 0.15) is 34.9 Å². The predicted octanol–water partition coefficient (Wildman–Crippen LogP) is 4.66. The fourth-order valence-electron chi connectivity index (χ4n) is 3.43. The quantitative estimate of drug-likeness (QED) is 0.640. The molecule has 1 aliphatic rings. The molecule has 7 heteroatoms. The zero-order chi connectivity index (χ0) is 19.8. The van der Waals surface area contributed by atoms with Gasteiger partial charge in [-0.3, -0.25) is 4.79 Å². The number of aromatic nitrogens is 2. The standard InChI is InChI=1S/C21H19ClFN3O2/c1-12-3-4-13(2)17(7-12)20-24-21(28-25-20)15-8-19(27)26(11-15)10-14-5-6-16(23)9-18(14)22/h3-7,9,15H,8,10-11H2,1-2H3. The molecule has 1 aromatic heterocycles. The van der Waals surface area contributed by atoms with Gasteiger partial charge in [0.15, 0.2) is 0 Å². The molecular weight excluding hydrogens is 381 g/mol. The summed E-state index contributed by atoms with van der Waals surface area (Å²) in [5.41, 5.74) is 3.81. The van der Waals surface area contributed by atoms with E-state index in [2.05, 4.69) is 10.1 Å². The summed E-state index contributed by atoms with van der Waals surface area (Å²) in [5, 5.41) is 4.42. The maximum atomic E-state index is 13.2. The highest BCUT2D eigenvalue weighted by atomic mass is 35.5. The van der Waals surface area contributed by atoms with Crippen LogP contribution >= 0.6 is 11.6 Å². The second-order valence-electron chi connectivity index (χ2n) is 7.19. The lowest BCUT2D eigenvalue weighted by atomic mass is 10.1. The maximum Gasteiger partial charge on any atom is 0.232 e. The molecule has 2 heterocycles. The molecule has 144 valence electrons. The first-order chi connectivity index (χ1) is 13.4. The van der Waals surface area contributed by atoms with Crippen molar-refractivity contribution in [2.45, 2.75) is 32.7 Å². The molecule has 1 amide bonds. The molecule has 0 spiro atoms. The van der Waals surface area contributed by atoms with Gasteiger partial charge in [0.05, 0.1) is 5.92 Å². The molecule has 0 saturated carbocycles. The van der Waals surface area contributed by atoms with Crippen molar-refractivity contribution in [3.8, 4) is 11.4 Å². The SMILES string of the molecule is Cc1ccc(C)c(-c2noc(C3CC(=O)N(Cc4ccc(F)cc4Cl)C3)n2)c1. The van der Waals surface area contributed by atoms with Crippen LogP contribution in [0, 0.1) is 19.7 Å². The average molecular weight is 400 g/mol. The highest BCUT2D eigenvalue weighted by molar-refractivity contribution is 6.31. The first-order valence-corrected chi connectivity index (χ1v) is 9.41. The molecule has 1 atom stereocenters. The van der Waals surface area contributed by atoms with Crippen molar-refractivity contribution >= 4 is 17.5 Å². The van der Waals surface area contributed by atoms with Gasteiger partial charge in [-0.1, -0.05) is 40.5 Å². The van der Waals surface area contributed by atoms with Crippen LogP contribution in [0.15, 0.2) is 40.9 Å². The number of hydrogen-bond acceptors (Lipinski definition) is 4. The van der Waals surface area contributed by atoms with Gasteiger partial charge in [-0.05, 0) is 43.2 Å². The molecule has 1 aliphatic heterocycles. The van der Waals surface area contributed by atoms with Crippen molar-refractivity contribution < 1.29 is 13.7 Å². The van der Waals surface area contributed by atoms with E-state index < -0.39 is 5.82 Å². The molecule has 0 aliphatic carbocycles. The summed E-state index contributed by atoms with van der Waals surface area (Å²) in [7, 11) is 0. The molecule has 4 rings (SSSR count). The summed E-state index contributed by atoms with van der Waals surface area (Å²) in [6.45, 7) is 4.80. The molecule has 1 saturated heterocycles. The zero-order valence-corrected chi connectivity index (χ0v) is 16.3. The monoisotopic (exact) mass is 399 g/mol. The number of nitrogens with zero attached hydrogens (tertiary/aromatic N) is 3. The summed E-state index contributed by atoms with van der Waals surface area (Å²) in [5.74, 6) is 0.403. The van der Waals surface area contributed by atoms with Crippen molar-refractivity contribution in [3.05, 3.63) is 69.8 Å². The first kappa shape index (κ1) is 18.6. The highest BCUT2D eigenvalue weighted by Crippen LogP contribution is 2.31. The van der Waals surface area contributed by atoms with Crippen LogP contribution in [0.2, 0.25) is 5.02 Å². The number of hydrogen-bond donors (Lipinski definition) is 0. The molecule has 2 aromatic carbocycles. The Kier molecular flexibility index (Phi) is 4.89. The Morgan fingerprint density at radius 1 is 1.25 bits per heavy atom. The Hall–Kier alpha value is -2.73. The summed E-state index contributed by atoms with van der Waals surface area (Å²) in [6, 6.07) is 10.3. The number of aryl methyl sites for hydroxylation is 2. The van der Waals surface area contributed by atoms with E-state index in [0.717, 1.165) is 16.7 Å². The summed E-state index contributed by atoms with van der Waals surface area (Å²) < 4.78 is 18.7. The molecule has 1 fully saturated rings. The van der Waals surface area contributed by atoms with E-state index in [4.69, 9.17) is 16.1 Å². The minimum atomic E-state index is -0.399. The third kappa shape index (κ3) is 3.64. The summed E-state index contributed by atoms with van der Waals surface area (Å²) in [6.07, 6.45) is 0.299. The van der Waals surface area contributed by atoms with Crippen LogP contribution in [-0.4, -0.2) is 27.5 Å². The Balaban J connectivity index is 1.51. The van der Waals surface area contributed by atoms with Crippen molar-refractivity contribution in [1.82, 2.24) is 15.0 Å².